The second kappa shape index (κ2) is 8.02. The second-order valence-electron chi connectivity index (χ2n) is 5.81. The zero-order valence-electron chi connectivity index (χ0n) is 14.1. The van der Waals surface area contributed by atoms with Crippen molar-refractivity contribution in [3.8, 4) is 0 Å². The van der Waals surface area contributed by atoms with Crippen molar-refractivity contribution in [2.24, 2.45) is 0 Å². The predicted molar refractivity (Wildman–Crippen MR) is 101 cm³/mol. The zero-order chi connectivity index (χ0) is 18.4. The minimum atomic E-state index is -0.347. The maximum atomic E-state index is 12.1. The molecule has 0 atom stereocenters. The Hall–Kier alpha value is -3.54. The molecule has 2 amide bonds. The molecule has 0 radical (unpaired) electrons. The van der Waals surface area contributed by atoms with Crippen LogP contribution >= 0.6 is 0 Å². The summed E-state index contributed by atoms with van der Waals surface area (Å²) in [6.07, 6.45) is 2.38. The Morgan fingerprint density at radius 1 is 0.923 bits per heavy atom. The molecule has 3 rings (SSSR count). The molecule has 2 aromatic carbocycles. The van der Waals surface area contributed by atoms with Crippen LogP contribution in [0.5, 0.6) is 0 Å². The van der Waals surface area contributed by atoms with Crippen molar-refractivity contribution < 1.29 is 14.0 Å². The Balaban J connectivity index is 1.56. The standard InChI is InChI=1S/C20H19N3O3/c21-15-5-1-4-14(12-15)9-10-19(24)22-16-6-2-7-17(13-16)23-20(25)18-8-3-11-26-18/h1-8,11-13H,9-10,21H2,(H,22,24)(H,23,25). The van der Waals surface area contributed by atoms with Crippen molar-refractivity contribution in [2.75, 3.05) is 16.4 Å². The molecule has 1 heterocycles. The number of nitrogen functional groups attached to an aromatic ring is 1. The van der Waals surface area contributed by atoms with Crippen LogP contribution in [0.1, 0.15) is 22.5 Å². The summed E-state index contributed by atoms with van der Waals surface area (Å²) in [5, 5.41) is 5.55. The highest BCUT2D eigenvalue weighted by molar-refractivity contribution is 6.02. The average Bonchev–Trinajstić information content (AvgIpc) is 3.15. The monoisotopic (exact) mass is 349 g/mol. The van der Waals surface area contributed by atoms with Gasteiger partial charge in [-0.1, -0.05) is 18.2 Å². The highest BCUT2D eigenvalue weighted by Gasteiger charge is 2.09. The van der Waals surface area contributed by atoms with Gasteiger partial charge in [-0.2, -0.15) is 0 Å². The summed E-state index contributed by atoms with van der Waals surface area (Å²) in [5.41, 5.74) is 8.62. The lowest BCUT2D eigenvalue weighted by Gasteiger charge is -2.08. The molecule has 26 heavy (non-hydrogen) atoms. The quantitative estimate of drug-likeness (QED) is 0.591. The van der Waals surface area contributed by atoms with E-state index in [0.29, 0.717) is 29.9 Å². The summed E-state index contributed by atoms with van der Waals surface area (Å²) in [7, 11) is 0. The maximum absolute atomic E-state index is 12.1. The van der Waals surface area contributed by atoms with Crippen LogP contribution in [0.25, 0.3) is 0 Å². The Morgan fingerprint density at radius 2 is 1.69 bits per heavy atom. The third-order valence-corrected chi connectivity index (χ3v) is 3.74. The predicted octanol–water partition coefficient (Wildman–Crippen LogP) is 3.69. The van der Waals surface area contributed by atoms with Gasteiger partial charge < -0.3 is 20.8 Å². The summed E-state index contributed by atoms with van der Waals surface area (Å²) in [6, 6.07) is 17.7. The Kier molecular flexibility index (Phi) is 5.34. The van der Waals surface area contributed by atoms with Gasteiger partial charge in [-0.15, -0.1) is 0 Å². The van der Waals surface area contributed by atoms with Gasteiger partial charge >= 0.3 is 0 Å². The molecule has 4 N–H and O–H groups in total. The molecule has 0 aliphatic carbocycles. The summed E-state index contributed by atoms with van der Waals surface area (Å²) in [5.74, 6) is -0.233. The smallest absolute Gasteiger partial charge is 0.291 e. The molecule has 0 saturated carbocycles. The minimum absolute atomic E-state index is 0.109. The number of carbonyl (C=O) groups excluding carboxylic acids is 2. The average molecular weight is 349 g/mol. The molecule has 1 aromatic heterocycles. The number of amides is 2. The molecule has 6 nitrogen and oxygen atoms in total. The summed E-state index contributed by atoms with van der Waals surface area (Å²) in [6.45, 7) is 0. The van der Waals surface area contributed by atoms with E-state index < -0.39 is 0 Å². The van der Waals surface area contributed by atoms with Crippen molar-refractivity contribution in [1.82, 2.24) is 0 Å². The van der Waals surface area contributed by atoms with Gasteiger partial charge in [-0.25, -0.2) is 0 Å². The lowest BCUT2D eigenvalue weighted by molar-refractivity contribution is -0.116. The second-order valence-corrected chi connectivity index (χ2v) is 5.81. The van der Waals surface area contributed by atoms with Gasteiger partial charge in [0.15, 0.2) is 5.76 Å². The van der Waals surface area contributed by atoms with E-state index in [4.69, 9.17) is 10.2 Å². The molecule has 0 fully saturated rings. The van der Waals surface area contributed by atoms with E-state index in [1.54, 1.807) is 36.4 Å². The van der Waals surface area contributed by atoms with Crippen molar-refractivity contribution in [3.63, 3.8) is 0 Å². The summed E-state index contributed by atoms with van der Waals surface area (Å²) in [4.78, 5) is 24.1. The first-order chi connectivity index (χ1) is 12.6. The molecule has 132 valence electrons. The van der Waals surface area contributed by atoms with Gasteiger partial charge in [0.2, 0.25) is 5.91 Å². The van der Waals surface area contributed by atoms with Crippen LogP contribution in [0, 0.1) is 0 Å². The number of aryl methyl sites for hydroxylation is 1. The summed E-state index contributed by atoms with van der Waals surface area (Å²) >= 11 is 0. The SMILES string of the molecule is Nc1cccc(CCC(=O)Nc2cccc(NC(=O)c3ccco3)c2)c1. The molecule has 3 aromatic rings. The van der Waals surface area contributed by atoms with Crippen LogP contribution in [0.15, 0.2) is 71.3 Å². The van der Waals surface area contributed by atoms with Gasteiger partial charge in [0.1, 0.15) is 0 Å². The van der Waals surface area contributed by atoms with E-state index in [0.717, 1.165) is 5.56 Å². The lowest BCUT2D eigenvalue weighted by Crippen LogP contribution is -2.14. The number of benzene rings is 2. The van der Waals surface area contributed by atoms with Crippen molar-refractivity contribution >= 4 is 28.9 Å². The number of furan rings is 1. The fourth-order valence-corrected chi connectivity index (χ4v) is 2.51. The topological polar surface area (TPSA) is 97.4 Å². The third kappa shape index (κ3) is 4.73. The Morgan fingerprint density at radius 3 is 2.42 bits per heavy atom. The molecule has 0 bridgehead atoms. The van der Waals surface area contributed by atoms with Crippen molar-refractivity contribution in [2.45, 2.75) is 12.8 Å². The van der Waals surface area contributed by atoms with Crippen molar-refractivity contribution in [3.05, 3.63) is 78.3 Å². The first-order valence-corrected chi connectivity index (χ1v) is 8.19. The third-order valence-electron chi connectivity index (χ3n) is 3.74. The molecule has 0 saturated heterocycles. The fraction of sp³-hybridized carbons (Fsp3) is 0.100. The van der Waals surface area contributed by atoms with E-state index in [9.17, 15) is 9.59 Å². The van der Waals surface area contributed by atoms with Crippen LogP contribution in [0.3, 0.4) is 0 Å². The van der Waals surface area contributed by atoms with Gasteiger partial charge in [-0.05, 0) is 54.4 Å². The van der Waals surface area contributed by atoms with Crippen LogP contribution in [0.4, 0.5) is 17.1 Å². The molecule has 0 aliphatic heterocycles. The summed E-state index contributed by atoms with van der Waals surface area (Å²) < 4.78 is 5.05. The van der Waals surface area contributed by atoms with Gasteiger partial charge in [-0.3, -0.25) is 9.59 Å². The van der Waals surface area contributed by atoms with Crippen LogP contribution in [0.2, 0.25) is 0 Å². The zero-order valence-corrected chi connectivity index (χ0v) is 14.1. The molecular formula is C20H19N3O3. The number of hydrogen-bond donors (Lipinski definition) is 3. The first kappa shape index (κ1) is 17.3. The number of rotatable bonds is 6. The largest absolute Gasteiger partial charge is 0.459 e. The van der Waals surface area contributed by atoms with Crippen molar-refractivity contribution in [1.29, 1.82) is 0 Å². The molecule has 0 spiro atoms. The van der Waals surface area contributed by atoms with Gasteiger partial charge in [0, 0.05) is 23.5 Å². The highest BCUT2D eigenvalue weighted by atomic mass is 16.3. The minimum Gasteiger partial charge on any atom is -0.459 e. The lowest BCUT2D eigenvalue weighted by atomic mass is 10.1. The number of nitrogens with two attached hydrogens (primary N) is 1. The molecule has 6 heteroatoms. The number of hydrogen-bond acceptors (Lipinski definition) is 4. The van der Waals surface area contributed by atoms with Crippen LogP contribution in [-0.4, -0.2) is 11.8 Å². The first-order valence-electron chi connectivity index (χ1n) is 8.19. The van der Waals surface area contributed by atoms with Crippen LogP contribution in [-0.2, 0) is 11.2 Å². The van der Waals surface area contributed by atoms with E-state index in [1.165, 1.54) is 6.26 Å². The molecular weight excluding hydrogens is 330 g/mol. The van der Waals surface area contributed by atoms with Crippen LogP contribution < -0.4 is 16.4 Å². The van der Waals surface area contributed by atoms with E-state index >= 15 is 0 Å². The normalized spacial score (nSPS) is 10.3. The molecule has 0 unspecified atom stereocenters. The highest BCUT2D eigenvalue weighted by Crippen LogP contribution is 2.17. The van der Waals surface area contributed by atoms with Gasteiger partial charge in [0.25, 0.3) is 5.91 Å². The van der Waals surface area contributed by atoms with E-state index in [1.807, 2.05) is 24.3 Å². The fourth-order valence-electron chi connectivity index (χ4n) is 2.51. The number of carbonyl (C=O) groups is 2. The molecule has 0 aliphatic rings. The Labute approximate surface area is 151 Å². The van der Waals surface area contributed by atoms with Gasteiger partial charge in [0.05, 0.1) is 6.26 Å². The Bertz CT molecular complexity index is 904. The maximum Gasteiger partial charge on any atom is 0.291 e. The number of anilines is 3. The number of nitrogens with one attached hydrogen (secondary N) is 2. The van der Waals surface area contributed by atoms with E-state index in [-0.39, 0.29) is 17.6 Å². The van der Waals surface area contributed by atoms with E-state index in [2.05, 4.69) is 10.6 Å².